The Kier molecular flexibility index (Phi) is 4.45. The molecule has 2 atom stereocenters. The van der Waals surface area contributed by atoms with E-state index in [0.717, 1.165) is 12.0 Å². The van der Waals surface area contributed by atoms with Gasteiger partial charge in [-0.1, -0.05) is 48.0 Å². The van der Waals surface area contributed by atoms with Gasteiger partial charge in [0.1, 0.15) is 0 Å². The summed E-state index contributed by atoms with van der Waals surface area (Å²) in [7, 11) is 0. The summed E-state index contributed by atoms with van der Waals surface area (Å²) in [6.07, 6.45) is 5.53. The number of rotatable bonds is 3. The number of hydrogen-bond donors (Lipinski definition) is 1. The average molecular weight is 225 g/mol. The van der Waals surface area contributed by atoms with E-state index in [2.05, 4.69) is 46.9 Å². The largest absolute Gasteiger partial charge is 0.314 e. The van der Waals surface area contributed by atoms with Crippen molar-refractivity contribution in [3.63, 3.8) is 0 Å². The Balaban J connectivity index is 2.33. The first-order chi connectivity index (χ1) is 7.21. The van der Waals surface area contributed by atoms with Gasteiger partial charge < -0.3 is 5.32 Å². The highest BCUT2D eigenvalue weighted by Crippen LogP contribution is 2.35. The molecule has 0 heterocycles. The second-order valence-corrected chi connectivity index (χ2v) is 7.63. The van der Waals surface area contributed by atoms with Gasteiger partial charge in [0.05, 0.1) is 0 Å². The topological polar surface area (TPSA) is 12.0 Å². The first-order valence-corrected chi connectivity index (χ1v) is 6.94. The highest BCUT2D eigenvalue weighted by Gasteiger charge is 2.28. The van der Waals surface area contributed by atoms with Crippen LogP contribution in [0.15, 0.2) is 0 Å². The second kappa shape index (κ2) is 5.08. The van der Waals surface area contributed by atoms with Gasteiger partial charge in [-0.2, -0.15) is 0 Å². The monoisotopic (exact) mass is 225 g/mol. The van der Waals surface area contributed by atoms with E-state index in [1.165, 1.54) is 32.2 Å². The van der Waals surface area contributed by atoms with Crippen LogP contribution in [0.4, 0.5) is 0 Å². The zero-order valence-corrected chi connectivity index (χ0v) is 12.2. The normalized spacial score (nSPS) is 27.8. The van der Waals surface area contributed by atoms with Crippen molar-refractivity contribution in [3.8, 4) is 0 Å². The van der Waals surface area contributed by atoms with Gasteiger partial charge in [0.25, 0.3) is 0 Å². The Bertz CT molecular complexity index is 212. The van der Waals surface area contributed by atoms with Crippen LogP contribution < -0.4 is 5.32 Å². The highest BCUT2D eigenvalue weighted by molar-refractivity contribution is 4.84. The first kappa shape index (κ1) is 14.0. The quantitative estimate of drug-likeness (QED) is 0.758. The average Bonchev–Trinajstić information content (AvgIpc) is 2.11. The van der Waals surface area contributed by atoms with Gasteiger partial charge in [0.15, 0.2) is 0 Å². The lowest BCUT2D eigenvalue weighted by Crippen LogP contribution is -2.41. The summed E-state index contributed by atoms with van der Waals surface area (Å²) in [6.45, 7) is 15.4. The Hall–Kier alpha value is -0.0400. The van der Waals surface area contributed by atoms with Crippen molar-refractivity contribution >= 4 is 0 Å². The lowest BCUT2D eigenvalue weighted by atomic mass is 9.75. The zero-order valence-electron chi connectivity index (χ0n) is 12.2. The second-order valence-electron chi connectivity index (χ2n) is 7.63. The van der Waals surface area contributed by atoms with E-state index in [0.29, 0.717) is 10.8 Å². The maximum Gasteiger partial charge on any atom is 0.00722 e. The van der Waals surface area contributed by atoms with Crippen molar-refractivity contribution in [2.45, 2.75) is 73.3 Å². The third-order valence-corrected chi connectivity index (χ3v) is 4.40. The third kappa shape index (κ3) is 4.45. The molecule has 0 saturated heterocycles. The minimum Gasteiger partial charge on any atom is -0.314 e. The van der Waals surface area contributed by atoms with Crippen LogP contribution in [0.5, 0.6) is 0 Å². The molecule has 1 rings (SSSR count). The SMILES string of the molecule is CC(CNC1CCCC(C)(C)C1)C(C)(C)C. The molecule has 1 heteroatoms. The number of hydrogen-bond acceptors (Lipinski definition) is 1. The van der Waals surface area contributed by atoms with E-state index in [4.69, 9.17) is 0 Å². The summed E-state index contributed by atoms with van der Waals surface area (Å²) < 4.78 is 0. The van der Waals surface area contributed by atoms with Crippen LogP contribution in [0.25, 0.3) is 0 Å². The molecule has 0 aromatic heterocycles. The Morgan fingerprint density at radius 2 is 1.94 bits per heavy atom. The van der Waals surface area contributed by atoms with Crippen LogP contribution in [0.2, 0.25) is 0 Å². The van der Waals surface area contributed by atoms with E-state index in [-0.39, 0.29) is 0 Å². The molecule has 0 amide bonds. The highest BCUT2D eigenvalue weighted by atomic mass is 14.9. The van der Waals surface area contributed by atoms with Crippen molar-refractivity contribution in [2.75, 3.05) is 6.54 Å². The fraction of sp³-hybridized carbons (Fsp3) is 1.00. The van der Waals surface area contributed by atoms with Gasteiger partial charge in [-0.05, 0) is 42.6 Å². The van der Waals surface area contributed by atoms with Gasteiger partial charge in [-0.3, -0.25) is 0 Å². The predicted molar refractivity (Wildman–Crippen MR) is 72.7 cm³/mol. The molecule has 1 saturated carbocycles. The van der Waals surface area contributed by atoms with Crippen LogP contribution in [0, 0.1) is 16.7 Å². The van der Waals surface area contributed by atoms with Crippen LogP contribution >= 0.6 is 0 Å². The third-order valence-electron chi connectivity index (χ3n) is 4.40. The minimum atomic E-state index is 0.428. The molecule has 0 aromatic carbocycles. The van der Waals surface area contributed by atoms with Gasteiger partial charge in [0.2, 0.25) is 0 Å². The molecule has 0 bridgehead atoms. The smallest absolute Gasteiger partial charge is 0.00722 e. The van der Waals surface area contributed by atoms with Crippen molar-refractivity contribution in [1.82, 2.24) is 5.32 Å². The van der Waals surface area contributed by atoms with Crippen molar-refractivity contribution < 1.29 is 0 Å². The molecule has 0 aromatic rings. The van der Waals surface area contributed by atoms with Gasteiger partial charge >= 0.3 is 0 Å². The van der Waals surface area contributed by atoms with E-state index in [1.54, 1.807) is 0 Å². The molecule has 96 valence electrons. The van der Waals surface area contributed by atoms with Crippen molar-refractivity contribution in [2.24, 2.45) is 16.7 Å². The lowest BCUT2D eigenvalue weighted by Gasteiger charge is -2.37. The lowest BCUT2D eigenvalue weighted by molar-refractivity contribution is 0.179. The first-order valence-electron chi connectivity index (χ1n) is 6.94. The van der Waals surface area contributed by atoms with E-state index in [1.807, 2.05) is 0 Å². The molecule has 1 aliphatic carbocycles. The van der Waals surface area contributed by atoms with Crippen LogP contribution in [-0.2, 0) is 0 Å². The molecule has 1 nitrogen and oxygen atoms in total. The van der Waals surface area contributed by atoms with Crippen molar-refractivity contribution in [3.05, 3.63) is 0 Å². The summed E-state index contributed by atoms with van der Waals surface area (Å²) in [6, 6.07) is 0.758. The Morgan fingerprint density at radius 3 is 2.44 bits per heavy atom. The molecule has 0 radical (unpaired) electrons. The summed E-state index contributed by atoms with van der Waals surface area (Å²) in [5.41, 5.74) is 0.984. The summed E-state index contributed by atoms with van der Waals surface area (Å²) in [5, 5.41) is 3.78. The fourth-order valence-electron chi connectivity index (χ4n) is 2.52. The van der Waals surface area contributed by atoms with Crippen LogP contribution in [0.1, 0.15) is 67.2 Å². The Labute approximate surface area is 102 Å². The standard InChI is InChI=1S/C15H31N/c1-12(14(2,3)4)11-16-13-8-7-9-15(5,6)10-13/h12-13,16H,7-11H2,1-6H3. The molecule has 1 fully saturated rings. The molecule has 0 spiro atoms. The zero-order chi connectivity index (χ0) is 12.4. The summed E-state index contributed by atoms with van der Waals surface area (Å²) >= 11 is 0. The maximum atomic E-state index is 3.78. The molecule has 16 heavy (non-hydrogen) atoms. The maximum absolute atomic E-state index is 3.78. The van der Waals surface area contributed by atoms with Crippen LogP contribution in [-0.4, -0.2) is 12.6 Å². The molecule has 1 N–H and O–H groups in total. The predicted octanol–water partition coefficient (Wildman–Crippen LogP) is 4.23. The summed E-state index contributed by atoms with van der Waals surface area (Å²) in [4.78, 5) is 0. The van der Waals surface area contributed by atoms with E-state index in [9.17, 15) is 0 Å². The van der Waals surface area contributed by atoms with Gasteiger partial charge in [0, 0.05) is 6.04 Å². The summed E-state index contributed by atoms with van der Waals surface area (Å²) in [5.74, 6) is 0.748. The minimum absolute atomic E-state index is 0.428. The molecular formula is C15H31N. The van der Waals surface area contributed by atoms with E-state index >= 15 is 0 Å². The Morgan fingerprint density at radius 1 is 1.31 bits per heavy atom. The van der Waals surface area contributed by atoms with Gasteiger partial charge in [-0.25, -0.2) is 0 Å². The van der Waals surface area contributed by atoms with Gasteiger partial charge in [-0.15, -0.1) is 0 Å². The number of nitrogens with one attached hydrogen (secondary N) is 1. The fourth-order valence-corrected chi connectivity index (χ4v) is 2.52. The van der Waals surface area contributed by atoms with E-state index < -0.39 is 0 Å². The molecule has 2 unspecified atom stereocenters. The molecular weight excluding hydrogens is 194 g/mol. The molecule has 0 aliphatic heterocycles. The van der Waals surface area contributed by atoms with Crippen molar-refractivity contribution in [1.29, 1.82) is 0 Å². The molecule has 1 aliphatic rings. The van der Waals surface area contributed by atoms with Crippen LogP contribution in [0.3, 0.4) is 0 Å².